The zero-order valence-corrected chi connectivity index (χ0v) is 10.3. The molecule has 0 unspecified atom stereocenters. The summed E-state index contributed by atoms with van der Waals surface area (Å²) in [5, 5.41) is 18.7. The van der Waals surface area contributed by atoms with Crippen molar-refractivity contribution in [3.63, 3.8) is 0 Å². The minimum atomic E-state index is -0.530. The highest BCUT2D eigenvalue weighted by atomic mass is 16.5. The highest BCUT2D eigenvalue weighted by Crippen LogP contribution is 2.26. The van der Waals surface area contributed by atoms with Gasteiger partial charge in [0.05, 0.1) is 6.61 Å². The Morgan fingerprint density at radius 2 is 1.94 bits per heavy atom. The molecule has 1 aliphatic rings. The molecule has 0 saturated heterocycles. The summed E-state index contributed by atoms with van der Waals surface area (Å²) >= 11 is 0. The van der Waals surface area contributed by atoms with Crippen LogP contribution in [0.5, 0.6) is 11.5 Å². The maximum atomic E-state index is 11.8. The standard InChI is InChI=1S/C14H18O4/c15-11-6-7-12(13(16)8-11)14(17)18-9-10-4-2-1-3-5-10/h6-8,10,15-16H,1-5,9H2. The lowest BCUT2D eigenvalue weighted by Gasteiger charge is -2.21. The van der Waals surface area contributed by atoms with Crippen molar-refractivity contribution in [2.45, 2.75) is 32.1 Å². The lowest BCUT2D eigenvalue weighted by atomic mass is 9.90. The zero-order valence-electron chi connectivity index (χ0n) is 10.3. The molecule has 0 aliphatic heterocycles. The molecule has 0 heterocycles. The van der Waals surface area contributed by atoms with E-state index in [-0.39, 0.29) is 17.1 Å². The molecule has 1 saturated carbocycles. The van der Waals surface area contributed by atoms with E-state index >= 15 is 0 Å². The van der Waals surface area contributed by atoms with Gasteiger partial charge in [-0.2, -0.15) is 0 Å². The first-order chi connectivity index (χ1) is 8.66. The van der Waals surface area contributed by atoms with Crippen LogP contribution in [0.15, 0.2) is 18.2 Å². The molecule has 2 rings (SSSR count). The van der Waals surface area contributed by atoms with Crippen molar-refractivity contribution in [1.82, 2.24) is 0 Å². The third-order valence-corrected chi connectivity index (χ3v) is 3.38. The predicted molar refractivity (Wildman–Crippen MR) is 66.6 cm³/mol. The zero-order chi connectivity index (χ0) is 13.0. The minimum Gasteiger partial charge on any atom is -0.508 e. The summed E-state index contributed by atoms with van der Waals surface area (Å²) < 4.78 is 5.21. The molecule has 1 fully saturated rings. The summed E-state index contributed by atoms with van der Waals surface area (Å²) in [6.07, 6.45) is 5.88. The normalized spacial score (nSPS) is 16.4. The van der Waals surface area contributed by atoms with E-state index in [0.717, 1.165) is 18.9 Å². The Hall–Kier alpha value is -1.71. The van der Waals surface area contributed by atoms with Crippen molar-refractivity contribution >= 4 is 5.97 Å². The second-order valence-electron chi connectivity index (χ2n) is 4.80. The van der Waals surface area contributed by atoms with Crippen molar-refractivity contribution in [2.24, 2.45) is 5.92 Å². The van der Waals surface area contributed by atoms with Gasteiger partial charge in [-0.05, 0) is 30.9 Å². The fourth-order valence-corrected chi connectivity index (χ4v) is 2.32. The van der Waals surface area contributed by atoms with Crippen LogP contribution in [0.25, 0.3) is 0 Å². The van der Waals surface area contributed by atoms with Crippen molar-refractivity contribution in [1.29, 1.82) is 0 Å². The van der Waals surface area contributed by atoms with Gasteiger partial charge in [-0.3, -0.25) is 0 Å². The van der Waals surface area contributed by atoms with Crippen LogP contribution in [0, 0.1) is 5.92 Å². The van der Waals surface area contributed by atoms with Crippen LogP contribution in [0.4, 0.5) is 0 Å². The smallest absolute Gasteiger partial charge is 0.341 e. The maximum absolute atomic E-state index is 11.8. The topological polar surface area (TPSA) is 66.8 Å². The number of carbonyl (C=O) groups excluding carboxylic acids is 1. The summed E-state index contributed by atoms with van der Waals surface area (Å²) in [4.78, 5) is 11.8. The number of phenols is 2. The number of rotatable bonds is 3. The molecule has 18 heavy (non-hydrogen) atoms. The molecular formula is C14H18O4. The molecule has 0 spiro atoms. The average Bonchev–Trinajstić information content (AvgIpc) is 2.37. The van der Waals surface area contributed by atoms with Gasteiger partial charge in [0.25, 0.3) is 0 Å². The molecule has 0 bridgehead atoms. The van der Waals surface area contributed by atoms with Gasteiger partial charge in [0.2, 0.25) is 0 Å². The molecule has 4 heteroatoms. The molecule has 0 aromatic heterocycles. The first-order valence-electron chi connectivity index (χ1n) is 6.36. The molecular weight excluding hydrogens is 232 g/mol. The Kier molecular flexibility index (Phi) is 4.07. The number of esters is 1. The third kappa shape index (κ3) is 3.15. The second-order valence-corrected chi connectivity index (χ2v) is 4.80. The fourth-order valence-electron chi connectivity index (χ4n) is 2.32. The molecule has 0 amide bonds. The second kappa shape index (κ2) is 5.76. The highest BCUT2D eigenvalue weighted by molar-refractivity contribution is 5.92. The number of carbonyl (C=O) groups is 1. The van der Waals surface area contributed by atoms with E-state index in [1.165, 1.54) is 31.4 Å². The monoisotopic (exact) mass is 250 g/mol. The van der Waals surface area contributed by atoms with Crippen molar-refractivity contribution in [3.05, 3.63) is 23.8 Å². The molecule has 1 aromatic carbocycles. The van der Waals surface area contributed by atoms with Gasteiger partial charge in [-0.25, -0.2) is 4.79 Å². The first-order valence-corrected chi connectivity index (χ1v) is 6.36. The van der Waals surface area contributed by atoms with E-state index in [4.69, 9.17) is 9.84 Å². The number of benzene rings is 1. The van der Waals surface area contributed by atoms with Crippen molar-refractivity contribution < 1.29 is 19.7 Å². The van der Waals surface area contributed by atoms with E-state index in [0.29, 0.717) is 12.5 Å². The number of aromatic hydroxyl groups is 2. The third-order valence-electron chi connectivity index (χ3n) is 3.38. The first kappa shape index (κ1) is 12.7. The van der Waals surface area contributed by atoms with E-state index in [9.17, 15) is 9.90 Å². The van der Waals surface area contributed by atoms with Gasteiger partial charge >= 0.3 is 5.97 Å². The van der Waals surface area contributed by atoms with Gasteiger partial charge in [-0.1, -0.05) is 19.3 Å². The Labute approximate surface area is 106 Å². The number of ether oxygens (including phenoxy) is 1. The van der Waals surface area contributed by atoms with Gasteiger partial charge in [0.1, 0.15) is 17.1 Å². The Morgan fingerprint density at radius 1 is 1.22 bits per heavy atom. The van der Waals surface area contributed by atoms with Gasteiger partial charge in [0.15, 0.2) is 0 Å². The van der Waals surface area contributed by atoms with Gasteiger partial charge in [0, 0.05) is 6.07 Å². The summed E-state index contributed by atoms with van der Waals surface area (Å²) in [5.74, 6) is -0.403. The van der Waals surface area contributed by atoms with Crippen LogP contribution in [0.3, 0.4) is 0 Å². The average molecular weight is 250 g/mol. The molecule has 0 radical (unpaired) electrons. The van der Waals surface area contributed by atoms with E-state index in [1.807, 2.05) is 0 Å². The van der Waals surface area contributed by atoms with E-state index in [2.05, 4.69) is 0 Å². The van der Waals surface area contributed by atoms with Crippen LogP contribution in [-0.4, -0.2) is 22.8 Å². The summed E-state index contributed by atoms with van der Waals surface area (Å²) in [6, 6.07) is 3.86. The molecule has 98 valence electrons. The molecule has 4 nitrogen and oxygen atoms in total. The number of phenolic OH excluding ortho intramolecular Hbond substituents is 2. The largest absolute Gasteiger partial charge is 0.508 e. The summed E-state index contributed by atoms with van der Waals surface area (Å²) in [5.41, 5.74) is 0.101. The van der Waals surface area contributed by atoms with Crippen molar-refractivity contribution in [2.75, 3.05) is 6.61 Å². The minimum absolute atomic E-state index is 0.0728. The number of hydrogen-bond acceptors (Lipinski definition) is 4. The van der Waals surface area contributed by atoms with Crippen LogP contribution in [0.2, 0.25) is 0 Å². The molecule has 0 atom stereocenters. The van der Waals surface area contributed by atoms with E-state index < -0.39 is 5.97 Å². The van der Waals surface area contributed by atoms with Crippen LogP contribution in [-0.2, 0) is 4.74 Å². The Balaban J connectivity index is 1.90. The Bertz CT molecular complexity index is 422. The number of hydrogen-bond donors (Lipinski definition) is 2. The quantitative estimate of drug-likeness (QED) is 0.809. The van der Waals surface area contributed by atoms with Crippen LogP contribution < -0.4 is 0 Å². The maximum Gasteiger partial charge on any atom is 0.341 e. The molecule has 1 aromatic rings. The van der Waals surface area contributed by atoms with Crippen molar-refractivity contribution in [3.8, 4) is 11.5 Å². The van der Waals surface area contributed by atoms with Crippen LogP contribution in [0.1, 0.15) is 42.5 Å². The van der Waals surface area contributed by atoms with Crippen LogP contribution >= 0.6 is 0 Å². The lowest BCUT2D eigenvalue weighted by Crippen LogP contribution is -2.16. The summed E-state index contributed by atoms with van der Waals surface area (Å²) in [6.45, 7) is 0.416. The molecule has 1 aliphatic carbocycles. The Morgan fingerprint density at radius 3 is 2.61 bits per heavy atom. The SMILES string of the molecule is O=C(OCC1CCCCC1)c1ccc(O)cc1O. The predicted octanol–water partition coefficient (Wildman–Crippen LogP) is 2.83. The van der Waals surface area contributed by atoms with Gasteiger partial charge in [-0.15, -0.1) is 0 Å². The lowest BCUT2D eigenvalue weighted by molar-refractivity contribution is 0.0407. The summed E-state index contributed by atoms with van der Waals surface area (Å²) in [7, 11) is 0. The van der Waals surface area contributed by atoms with E-state index in [1.54, 1.807) is 0 Å². The molecule has 2 N–H and O–H groups in total. The van der Waals surface area contributed by atoms with Gasteiger partial charge < -0.3 is 14.9 Å². The highest BCUT2D eigenvalue weighted by Gasteiger charge is 2.18. The fraction of sp³-hybridized carbons (Fsp3) is 0.500.